The van der Waals surface area contributed by atoms with Gasteiger partial charge < -0.3 is 4.57 Å². The molecule has 29 heavy (non-hydrogen) atoms. The minimum Gasteiger partial charge on any atom is -0.318 e. The highest BCUT2D eigenvalue weighted by atomic mass is 32.2. The molecule has 2 aromatic rings. The van der Waals surface area contributed by atoms with Crippen molar-refractivity contribution in [2.75, 3.05) is 13.1 Å². The van der Waals surface area contributed by atoms with Gasteiger partial charge >= 0.3 is 0 Å². The number of nitro groups is 1. The van der Waals surface area contributed by atoms with Crippen molar-refractivity contribution in [3.8, 4) is 5.69 Å². The zero-order valence-corrected chi connectivity index (χ0v) is 18.0. The summed E-state index contributed by atoms with van der Waals surface area (Å²) in [5.74, 6) is -0.0412. The van der Waals surface area contributed by atoms with Crippen molar-refractivity contribution in [1.82, 2.24) is 9.47 Å². The molecule has 8 heteroatoms. The third-order valence-electron chi connectivity index (χ3n) is 4.90. The van der Waals surface area contributed by atoms with E-state index in [9.17, 15) is 14.9 Å². The van der Waals surface area contributed by atoms with Gasteiger partial charge in [0.15, 0.2) is 5.17 Å². The lowest BCUT2D eigenvalue weighted by atomic mass is 10.1. The fraction of sp³-hybridized carbons (Fsp3) is 0.333. The van der Waals surface area contributed by atoms with Crippen LogP contribution in [0.1, 0.15) is 36.4 Å². The Bertz CT molecular complexity index is 1050. The van der Waals surface area contributed by atoms with Gasteiger partial charge in [-0.15, -0.1) is 0 Å². The predicted molar refractivity (Wildman–Crippen MR) is 118 cm³/mol. The van der Waals surface area contributed by atoms with E-state index in [1.54, 1.807) is 24.0 Å². The van der Waals surface area contributed by atoms with Crippen LogP contribution in [0.2, 0.25) is 0 Å². The molecule has 0 saturated carbocycles. The lowest BCUT2D eigenvalue weighted by molar-refractivity contribution is -0.385. The van der Waals surface area contributed by atoms with Crippen molar-refractivity contribution in [2.45, 2.75) is 34.6 Å². The van der Waals surface area contributed by atoms with E-state index in [0.29, 0.717) is 23.6 Å². The van der Waals surface area contributed by atoms with E-state index >= 15 is 0 Å². The van der Waals surface area contributed by atoms with Gasteiger partial charge in [-0.05, 0) is 70.2 Å². The normalized spacial score (nSPS) is 17.0. The number of carbonyl (C=O) groups excluding carboxylic acids is 1. The van der Waals surface area contributed by atoms with Gasteiger partial charge in [0.2, 0.25) is 0 Å². The van der Waals surface area contributed by atoms with Crippen LogP contribution in [0.4, 0.5) is 5.69 Å². The van der Waals surface area contributed by atoms with Gasteiger partial charge in [-0.1, -0.05) is 6.07 Å². The third-order valence-corrected chi connectivity index (χ3v) is 5.95. The van der Waals surface area contributed by atoms with E-state index < -0.39 is 0 Å². The lowest BCUT2D eigenvalue weighted by Crippen LogP contribution is -2.28. The maximum Gasteiger partial charge on any atom is 0.274 e. The van der Waals surface area contributed by atoms with Crippen molar-refractivity contribution in [1.29, 1.82) is 0 Å². The molecule has 0 spiro atoms. The molecule has 2 heterocycles. The van der Waals surface area contributed by atoms with E-state index in [-0.39, 0.29) is 16.5 Å². The summed E-state index contributed by atoms with van der Waals surface area (Å²) in [5.41, 5.74) is 4.23. The van der Waals surface area contributed by atoms with Gasteiger partial charge in [-0.3, -0.25) is 24.8 Å². The fourth-order valence-corrected chi connectivity index (χ4v) is 4.54. The summed E-state index contributed by atoms with van der Waals surface area (Å²) in [6.45, 7) is 10.7. The van der Waals surface area contributed by atoms with Crippen LogP contribution >= 0.6 is 11.8 Å². The molecular formula is C21H24N4O3S. The number of thioether (sulfide) groups is 1. The summed E-state index contributed by atoms with van der Waals surface area (Å²) < 4.78 is 1.97. The molecule has 1 amide bonds. The van der Waals surface area contributed by atoms with Crippen molar-refractivity contribution in [2.24, 2.45) is 4.99 Å². The van der Waals surface area contributed by atoms with E-state index in [1.165, 1.54) is 11.8 Å². The Kier molecular flexibility index (Phi) is 5.93. The topological polar surface area (TPSA) is 80.7 Å². The molecule has 0 bridgehead atoms. The van der Waals surface area contributed by atoms with Crippen LogP contribution in [-0.2, 0) is 4.79 Å². The smallest absolute Gasteiger partial charge is 0.274 e. The first-order chi connectivity index (χ1) is 13.8. The van der Waals surface area contributed by atoms with Gasteiger partial charge in [-0.25, -0.2) is 0 Å². The van der Waals surface area contributed by atoms with Crippen molar-refractivity contribution >= 4 is 34.6 Å². The number of nitrogens with zero attached hydrogens (tertiary/aromatic N) is 4. The van der Waals surface area contributed by atoms with Crippen LogP contribution < -0.4 is 0 Å². The highest BCUT2D eigenvalue weighted by molar-refractivity contribution is 8.18. The Labute approximate surface area is 174 Å². The Morgan fingerprint density at radius 3 is 2.55 bits per heavy atom. The SMILES string of the molecule is CCN=C1S/C(=C\c2cc(C)n(-c3ccc(C)c([N+](=O)[O-])c3)c2C)C(=O)N1CC. The quantitative estimate of drug-likeness (QED) is 0.408. The summed E-state index contributed by atoms with van der Waals surface area (Å²) in [4.78, 5) is 30.4. The second-order valence-electron chi connectivity index (χ2n) is 6.81. The number of aromatic nitrogens is 1. The molecule has 0 radical (unpaired) electrons. The van der Waals surface area contributed by atoms with Crippen LogP contribution in [-0.4, -0.2) is 38.6 Å². The molecule has 0 unspecified atom stereocenters. The van der Waals surface area contributed by atoms with Crippen molar-refractivity contribution in [3.63, 3.8) is 0 Å². The summed E-state index contributed by atoms with van der Waals surface area (Å²) in [7, 11) is 0. The van der Waals surface area contributed by atoms with Crippen LogP contribution in [0.5, 0.6) is 0 Å². The zero-order chi connectivity index (χ0) is 21.3. The molecule has 3 rings (SSSR count). The molecule has 7 nitrogen and oxygen atoms in total. The number of likely N-dealkylation sites (N-methyl/N-ethyl adjacent to an activating group) is 1. The molecule has 1 aromatic heterocycles. The first-order valence-corrected chi connectivity index (χ1v) is 10.3. The minimum atomic E-state index is -0.363. The standard InChI is InChI=1S/C21H24N4O3S/c1-6-22-21-23(7-2)20(26)19(29-21)11-16-10-14(4)24(15(16)5)17-9-8-13(3)18(12-17)25(27)28/h8-12H,6-7H2,1-5H3/b19-11-,22-21?. The van der Waals surface area contributed by atoms with Crippen LogP contribution in [0.15, 0.2) is 34.2 Å². The first-order valence-electron chi connectivity index (χ1n) is 9.48. The van der Waals surface area contributed by atoms with Gasteiger partial charge in [0.1, 0.15) is 0 Å². The summed E-state index contributed by atoms with van der Waals surface area (Å²) in [6, 6.07) is 7.21. The molecule has 1 saturated heterocycles. The maximum absolute atomic E-state index is 12.7. The molecule has 1 aromatic carbocycles. The number of aryl methyl sites for hydroxylation is 2. The average Bonchev–Trinajstić information content (AvgIpc) is 3.12. The predicted octanol–water partition coefficient (Wildman–Crippen LogP) is 4.62. The second kappa shape index (κ2) is 8.24. The maximum atomic E-state index is 12.7. The highest BCUT2D eigenvalue weighted by Crippen LogP contribution is 2.34. The molecular weight excluding hydrogens is 388 g/mol. The van der Waals surface area contributed by atoms with E-state index in [1.807, 2.05) is 50.5 Å². The number of nitro benzene ring substituents is 1. The lowest BCUT2D eigenvalue weighted by Gasteiger charge is -2.11. The number of benzene rings is 1. The largest absolute Gasteiger partial charge is 0.318 e. The summed E-state index contributed by atoms with van der Waals surface area (Å²) in [5, 5.41) is 12.1. The number of hydrogen-bond acceptors (Lipinski definition) is 5. The summed E-state index contributed by atoms with van der Waals surface area (Å²) in [6.07, 6.45) is 1.88. The molecule has 1 aliphatic rings. The molecule has 152 valence electrons. The molecule has 0 atom stereocenters. The minimum absolute atomic E-state index is 0.0412. The summed E-state index contributed by atoms with van der Waals surface area (Å²) >= 11 is 1.39. The average molecular weight is 413 g/mol. The van der Waals surface area contributed by atoms with Gasteiger partial charge in [0.05, 0.1) is 15.5 Å². The molecule has 1 aliphatic heterocycles. The Balaban J connectivity index is 2.04. The highest BCUT2D eigenvalue weighted by Gasteiger charge is 2.32. The van der Waals surface area contributed by atoms with E-state index in [4.69, 9.17) is 0 Å². The number of aliphatic imine (C=N–C) groups is 1. The van der Waals surface area contributed by atoms with Crippen LogP contribution in [0.25, 0.3) is 11.8 Å². The van der Waals surface area contributed by atoms with Gasteiger partial charge in [0, 0.05) is 36.1 Å². The number of amidine groups is 1. The Morgan fingerprint density at radius 2 is 1.93 bits per heavy atom. The van der Waals surface area contributed by atoms with Crippen molar-refractivity contribution in [3.05, 3.63) is 61.8 Å². The van der Waals surface area contributed by atoms with Gasteiger partial charge in [0.25, 0.3) is 11.6 Å². The van der Waals surface area contributed by atoms with Crippen LogP contribution in [0, 0.1) is 30.9 Å². The molecule has 1 fully saturated rings. The van der Waals surface area contributed by atoms with E-state index in [2.05, 4.69) is 4.99 Å². The van der Waals surface area contributed by atoms with Gasteiger partial charge in [-0.2, -0.15) is 0 Å². The number of amides is 1. The second-order valence-corrected chi connectivity index (χ2v) is 7.82. The third kappa shape index (κ3) is 3.85. The van der Waals surface area contributed by atoms with Crippen LogP contribution in [0.3, 0.4) is 0 Å². The number of rotatable bonds is 5. The fourth-order valence-electron chi connectivity index (χ4n) is 3.45. The first kappa shape index (κ1) is 20.9. The number of carbonyl (C=O) groups is 1. The Hall–Kier alpha value is -2.87. The number of hydrogen-bond donors (Lipinski definition) is 0. The molecule has 0 N–H and O–H groups in total. The molecule has 0 aliphatic carbocycles. The van der Waals surface area contributed by atoms with E-state index in [0.717, 1.165) is 27.8 Å². The monoisotopic (exact) mass is 412 g/mol. The Morgan fingerprint density at radius 1 is 1.21 bits per heavy atom. The zero-order valence-electron chi connectivity index (χ0n) is 17.2. The van der Waals surface area contributed by atoms with Crippen molar-refractivity contribution < 1.29 is 9.72 Å².